The number of imide groups is 1. The number of nitrogens with two attached hydrogens (primary N) is 2. The maximum absolute atomic E-state index is 12.5. The van der Waals surface area contributed by atoms with Gasteiger partial charge in [0, 0.05) is 25.4 Å². The summed E-state index contributed by atoms with van der Waals surface area (Å²) in [5.41, 5.74) is 11.4. The van der Waals surface area contributed by atoms with Crippen LogP contribution in [0, 0.1) is 11.3 Å². The van der Waals surface area contributed by atoms with Gasteiger partial charge >= 0.3 is 0 Å². The molecule has 0 aromatic heterocycles. The Hall–Kier alpha value is -3.18. The highest BCUT2D eigenvalue weighted by Gasteiger charge is 2.24. The molecule has 0 aliphatic rings. The van der Waals surface area contributed by atoms with Crippen LogP contribution in [0.15, 0.2) is 36.0 Å². The predicted octanol–water partition coefficient (Wildman–Crippen LogP) is 0.363. The average Bonchev–Trinajstić information content (AvgIpc) is 2.56. The van der Waals surface area contributed by atoms with Crippen LogP contribution in [0.4, 0.5) is 11.4 Å². The van der Waals surface area contributed by atoms with Gasteiger partial charge in [0.2, 0.25) is 12.3 Å². The molecular formula is C16H19N5O3. The molecule has 24 heavy (non-hydrogen) atoms. The number of hydrogen-bond donors (Lipinski definition) is 2. The van der Waals surface area contributed by atoms with Crippen molar-refractivity contribution in [1.29, 1.82) is 5.26 Å². The number of rotatable bonds is 7. The van der Waals surface area contributed by atoms with Gasteiger partial charge in [-0.2, -0.15) is 5.26 Å². The summed E-state index contributed by atoms with van der Waals surface area (Å²) in [5, 5.41) is 9.22. The Morgan fingerprint density at radius 1 is 1.29 bits per heavy atom. The Labute approximate surface area is 139 Å². The number of carbonyl (C=O) groups excluding carboxylic acids is 3. The molecule has 0 aliphatic heterocycles. The monoisotopic (exact) mass is 329 g/mol. The summed E-state index contributed by atoms with van der Waals surface area (Å²) < 4.78 is 0. The molecule has 0 saturated carbocycles. The quantitative estimate of drug-likeness (QED) is 0.321. The standard InChI is InChI=1S/C16H19N5O3/c1-12(23)21(15-5-3-14(19)4-6-15)16(24)13(9-18)10-20(11-22)8-2-7-17/h3-6,10-11H,2,7-8,17,19H2,1H3/b13-10-. The van der Waals surface area contributed by atoms with Crippen LogP contribution in [-0.2, 0) is 14.4 Å². The SMILES string of the molecule is CC(=O)N(C(=O)/C(C#N)=C\N(C=O)CCCN)c1ccc(N)cc1. The molecule has 0 unspecified atom stereocenters. The minimum atomic E-state index is -0.825. The third-order valence-electron chi connectivity index (χ3n) is 3.07. The van der Waals surface area contributed by atoms with E-state index in [1.54, 1.807) is 6.07 Å². The number of nitrogen functional groups attached to an aromatic ring is 1. The molecule has 3 amide bonds. The zero-order chi connectivity index (χ0) is 18.1. The summed E-state index contributed by atoms with van der Waals surface area (Å²) in [6.07, 6.45) is 2.11. The molecule has 0 bridgehead atoms. The summed E-state index contributed by atoms with van der Waals surface area (Å²) in [7, 11) is 0. The first kappa shape index (κ1) is 18.9. The van der Waals surface area contributed by atoms with Gasteiger partial charge in [-0.15, -0.1) is 0 Å². The predicted molar refractivity (Wildman–Crippen MR) is 89.2 cm³/mol. The third-order valence-corrected chi connectivity index (χ3v) is 3.07. The first-order valence-corrected chi connectivity index (χ1v) is 7.18. The lowest BCUT2D eigenvalue weighted by molar-refractivity contribution is -0.123. The second-order valence-electron chi connectivity index (χ2n) is 4.89. The molecule has 0 aliphatic carbocycles. The van der Waals surface area contributed by atoms with Gasteiger partial charge in [0.1, 0.15) is 11.6 Å². The minimum Gasteiger partial charge on any atom is -0.399 e. The van der Waals surface area contributed by atoms with E-state index in [-0.39, 0.29) is 17.8 Å². The molecule has 0 radical (unpaired) electrons. The van der Waals surface area contributed by atoms with Crippen LogP contribution in [0.1, 0.15) is 13.3 Å². The largest absolute Gasteiger partial charge is 0.399 e. The van der Waals surface area contributed by atoms with Crippen molar-refractivity contribution >= 4 is 29.6 Å². The topological polar surface area (TPSA) is 134 Å². The van der Waals surface area contributed by atoms with Gasteiger partial charge in [-0.25, -0.2) is 4.90 Å². The molecule has 0 fully saturated rings. The van der Waals surface area contributed by atoms with Crippen molar-refractivity contribution in [3.63, 3.8) is 0 Å². The Morgan fingerprint density at radius 2 is 1.92 bits per heavy atom. The molecule has 0 spiro atoms. The minimum absolute atomic E-state index is 0.264. The number of hydrogen-bond acceptors (Lipinski definition) is 6. The van der Waals surface area contributed by atoms with Gasteiger partial charge in [0.05, 0.1) is 5.69 Å². The lowest BCUT2D eigenvalue weighted by atomic mass is 10.2. The molecule has 0 saturated heterocycles. The van der Waals surface area contributed by atoms with Crippen LogP contribution >= 0.6 is 0 Å². The van der Waals surface area contributed by atoms with Gasteiger partial charge in [-0.05, 0) is 37.2 Å². The molecule has 0 heterocycles. The van der Waals surface area contributed by atoms with Crippen molar-refractivity contribution in [2.75, 3.05) is 23.7 Å². The van der Waals surface area contributed by atoms with Crippen molar-refractivity contribution in [3.05, 3.63) is 36.0 Å². The van der Waals surface area contributed by atoms with E-state index >= 15 is 0 Å². The Bertz CT molecular complexity index is 676. The number of amides is 3. The molecule has 8 nitrogen and oxygen atoms in total. The molecule has 1 rings (SSSR count). The van der Waals surface area contributed by atoms with Crippen LogP contribution in [-0.4, -0.2) is 36.2 Å². The smallest absolute Gasteiger partial charge is 0.277 e. The van der Waals surface area contributed by atoms with E-state index in [0.717, 1.165) is 16.0 Å². The first-order chi connectivity index (χ1) is 11.4. The van der Waals surface area contributed by atoms with Crippen LogP contribution < -0.4 is 16.4 Å². The van der Waals surface area contributed by atoms with Crippen molar-refractivity contribution in [3.8, 4) is 6.07 Å². The van der Waals surface area contributed by atoms with Crippen LogP contribution in [0.5, 0.6) is 0 Å². The van der Waals surface area contributed by atoms with Gasteiger partial charge < -0.3 is 16.4 Å². The molecular weight excluding hydrogens is 310 g/mol. The number of nitriles is 1. The maximum Gasteiger partial charge on any atom is 0.277 e. The lowest BCUT2D eigenvalue weighted by Gasteiger charge is -2.20. The summed E-state index contributed by atoms with van der Waals surface area (Å²) in [4.78, 5) is 37.4. The van der Waals surface area contributed by atoms with Crippen molar-refractivity contribution in [2.24, 2.45) is 5.73 Å². The molecule has 8 heteroatoms. The number of nitrogens with zero attached hydrogens (tertiary/aromatic N) is 3. The first-order valence-electron chi connectivity index (χ1n) is 7.18. The number of carbonyl (C=O) groups is 3. The van der Waals surface area contributed by atoms with Crippen molar-refractivity contribution < 1.29 is 14.4 Å². The number of benzene rings is 1. The summed E-state index contributed by atoms with van der Waals surface area (Å²) >= 11 is 0. The maximum atomic E-state index is 12.5. The van der Waals surface area contributed by atoms with E-state index in [2.05, 4.69) is 0 Å². The highest BCUT2D eigenvalue weighted by Crippen LogP contribution is 2.19. The fourth-order valence-electron chi connectivity index (χ4n) is 1.91. The fourth-order valence-corrected chi connectivity index (χ4v) is 1.91. The molecule has 126 valence electrons. The van der Waals surface area contributed by atoms with E-state index in [0.29, 0.717) is 25.1 Å². The normalized spacial score (nSPS) is 10.6. The van der Waals surface area contributed by atoms with E-state index in [9.17, 15) is 19.6 Å². The van der Waals surface area contributed by atoms with Crippen LogP contribution in [0.2, 0.25) is 0 Å². The van der Waals surface area contributed by atoms with Gasteiger partial charge in [0.15, 0.2) is 0 Å². The lowest BCUT2D eigenvalue weighted by Crippen LogP contribution is -2.36. The Balaban J connectivity index is 3.15. The zero-order valence-corrected chi connectivity index (χ0v) is 13.3. The van der Waals surface area contributed by atoms with Gasteiger partial charge in [0.25, 0.3) is 5.91 Å². The Kier molecular flexibility index (Phi) is 7.13. The second-order valence-corrected chi connectivity index (χ2v) is 4.89. The Morgan fingerprint density at radius 3 is 2.38 bits per heavy atom. The molecule has 1 aromatic rings. The highest BCUT2D eigenvalue weighted by molar-refractivity contribution is 6.21. The van der Waals surface area contributed by atoms with E-state index in [1.807, 2.05) is 0 Å². The zero-order valence-electron chi connectivity index (χ0n) is 13.3. The summed E-state index contributed by atoms with van der Waals surface area (Å²) in [5.74, 6) is -1.39. The van der Waals surface area contributed by atoms with Crippen molar-refractivity contribution in [2.45, 2.75) is 13.3 Å². The van der Waals surface area contributed by atoms with E-state index < -0.39 is 11.8 Å². The third kappa shape index (κ3) is 4.93. The van der Waals surface area contributed by atoms with Crippen LogP contribution in [0.3, 0.4) is 0 Å². The average molecular weight is 329 g/mol. The second kappa shape index (κ2) is 9.07. The van der Waals surface area contributed by atoms with Crippen LogP contribution in [0.25, 0.3) is 0 Å². The molecule has 0 atom stereocenters. The summed E-state index contributed by atoms with van der Waals surface area (Å²) in [6, 6.07) is 7.78. The van der Waals surface area contributed by atoms with E-state index in [1.165, 1.54) is 31.2 Å². The molecule has 4 N–H and O–H groups in total. The van der Waals surface area contributed by atoms with E-state index in [4.69, 9.17) is 11.5 Å². The number of anilines is 2. The van der Waals surface area contributed by atoms with Gasteiger partial charge in [-0.1, -0.05) is 0 Å². The summed E-state index contributed by atoms with van der Waals surface area (Å²) in [6.45, 7) is 1.83. The fraction of sp³-hybridized carbons (Fsp3) is 0.250. The molecule has 1 aromatic carbocycles. The van der Waals surface area contributed by atoms with Crippen molar-refractivity contribution in [1.82, 2.24) is 4.90 Å². The highest BCUT2D eigenvalue weighted by atomic mass is 16.2. The van der Waals surface area contributed by atoms with Gasteiger partial charge in [-0.3, -0.25) is 14.4 Å².